The van der Waals surface area contributed by atoms with Gasteiger partial charge in [0.2, 0.25) is 0 Å². The van der Waals surface area contributed by atoms with Crippen LogP contribution in [0.25, 0.3) is 0 Å². The molecule has 2 aliphatic heterocycles. The van der Waals surface area contributed by atoms with Crippen molar-refractivity contribution in [1.29, 1.82) is 0 Å². The average Bonchev–Trinajstić information content (AvgIpc) is 3.00. The van der Waals surface area contributed by atoms with Crippen LogP contribution >= 0.6 is 0 Å². The minimum atomic E-state index is -0.340. The zero-order valence-corrected chi connectivity index (χ0v) is 22.9. The van der Waals surface area contributed by atoms with Crippen molar-refractivity contribution < 1.29 is 18.9 Å². The summed E-state index contributed by atoms with van der Waals surface area (Å²) >= 11 is 0. The molecular weight excluding hydrogens is 472 g/mol. The van der Waals surface area contributed by atoms with Crippen molar-refractivity contribution in [3.05, 3.63) is 71.8 Å². The van der Waals surface area contributed by atoms with Crippen LogP contribution in [0.3, 0.4) is 0 Å². The molecule has 2 aromatic carbocycles. The normalized spacial score (nSPS) is 41.6. The van der Waals surface area contributed by atoms with E-state index in [1.807, 2.05) is 0 Å². The Balaban J connectivity index is 0.885. The minimum absolute atomic E-state index is 0.176. The monoisotopic (exact) mass is 516 g/mol. The quantitative estimate of drug-likeness (QED) is 0.409. The van der Waals surface area contributed by atoms with E-state index in [2.05, 4.69) is 60.7 Å². The molecule has 38 heavy (non-hydrogen) atoms. The third kappa shape index (κ3) is 4.87. The van der Waals surface area contributed by atoms with Crippen LogP contribution in [0.4, 0.5) is 0 Å². The van der Waals surface area contributed by atoms with Crippen LogP contribution in [-0.4, -0.2) is 38.0 Å². The van der Waals surface area contributed by atoms with Gasteiger partial charge in [0.05, 0.1) is 26.4 Å². The number of benzene rings is 2. The van der Waals surface area contributed by atoms with Crippen LogP contribution in [0.1, 0.15) is 100 Å². The van der Waals surface area contributed by atoms with Crippen molar-refractivity contribution in [1.82, 2.24) is 0 Å². The molecule has 0 amide bonds. The molecule has 204 valence electrons. The van der Waals surface area contributed by atoms with Crippen molar-refractivity contribution in [2.75, 3.05) is 26.4 Å². The molecule has 2 heterocycles. The average molecular weight is 517 g/mol. The Kier molecular flexibility index (Phi) is 6.67. The van der Waals surface area contributed by atoms with Crippen LogP contribution < -0.4 is 0 Å². The Hall–Kier alpha value is -1.72. The molecular formula is C34H44O4. The zero-order valence-electron chi connectivity index (χ0n) is 22.9. The van der Waals surface area contributed by atoms with E-state index in [-0.39, 0.29) is 22.4 Å². The molecule has 2 saturated heterocycles. The highest BCUT2D eigenvalue weighted by Gasteiger charge is 2.53. The fraction of sp³-hybridized carbons (Fsp3) is 0.647. The lowest BCUT2D eigenvalue weighted by Gasteiger charge is -2.55. The maximum atomic E-state index is 6.61. The van der Waals surface area contributed by atoms with Gasteiger partial charge < -0.3 is 18.9 Å². The smallest absolute Gasteiger partial charge is 0.168 e. The second-order valence-corrected chi connectivity index (χ2v) is 13.3. The molecule has 7 rings (SSSR count). The first-order chi connectivity index (χ1) is 18.6. The van der Waals surface area contributed by atoms with E-state index in [1.54, 1.807) is 0 Å². The lowest BCUT2D eigenvalue weighted by Crippen LogP contribution is -2.56. The summed E-state index contributed by atoms with van der Waals surface area (Å²) in [6, 6.07) is 21.9. The summed E-state index contributed by atoms with van der Waals surface area (Å²) in [6.07, 6.45) is 13.3. The molecule has 0 atom stereocenters. The van der Waals surface area contributed by atoms with Gasteiger partial charge in [0.25, 0.3) is 0 Å². The first-order valence-electron chi connectivity index (χ1n) is 15.2. The number of rotatable bonds is 2. The highest BCUT2D eigenvalue weighted by atomic mass is 16.7. The van der Waals surface area contributed by atoms with Crippen LogP contribution in [0.15, 0.2) is 60.7 Å². The maximum Gasteiger partial charge on any atom is 0.168 e. The van der Waals surface area contributed by atoms with E-state index < -0.39 is 0 Å². The summed E-state index contributed by atoms with van der Waals surface area (Å²) in [5, 5.41) is 0. The predicted octanol–water partition coefficient (Wildman–Crippen LogP) is 7.74. The fourth-order valence-electron chi connectivity index (χ4n) is 8.00. The standard InChI is InChI=1S/C34H44O4/c1-3-7-27(8-4-1)29-11-15-33(16-12-29)35-23-31(24-36-33)19-21-32(22-20-31)25-37-34(38-26-32)17-13-30(14-18-34)28-9-5-2-6-10-28/h1-10,29-30H,11-26H2. The SMILES string of the molecule is c1ccc(C2CCC3(CC2)OCC2(CCC4(CC2)COC2(CCC(c5ccccc5)CC2)OC4)CO3)cc1. The van der Waals surface area contributed by atoms with E-state index >= 15 is 0 Å². The lowest BCUT2D eigenvalue weighted by molar-refractivity contribution is -0.338. The highest BCUT2D eigenvalue weighted by Crippen LogP contribution is 2.54. The molecule has 5 fully saturated rings. The molecule has 0 unspecified atom stereocenters. The van der Waals surface area contributed by atoms with Crippen molar-refractivity contribution in [3.63, 3.8) is 0 Å². The maximum absolute atomic E-state index is 6.61. The summed E-state index contributed by atoms with van der Waals surface area (Å²) in [7, 11) is 0. The lowest BCUT2D eigenvalue weighted by atomic mass is 9.63. The molecule has 5 aliphatic rings. The van der Waals surface area contributed by atoms with Crippen LogP contribution in [0, 0.1) is 10.8 Å². The number of hydrogen-bond acceptors (Lipinski definition) is 4. The second-order valence-electron chi connectivity index (χ2n) is 13.3. The van der Waals surface area contributed by atoms with Crippen LogP contribution in [-0.2, 0) is 18.9 Å². The summed E-state index contributed by atoms with van der Waals surface area (Å²) in [6.45, 7) is 3.41. The summed E-state index contributed by atoms with van der Waals surface area (Å²) < 4.78 is 26.4. The van der Waals surface area contributed by atoms with Gasteiger partial charge in [-0.1, -0.05) is 60.7 Å². The second kappa shape index (κ2) is 10.0. The summed E-state index contributed by atoms with van der Waals surface area (Å²) in [4.78, 5) is 0. The van der Waals surface area contributed by atoms with E-state index in [9.17, 15) is 0 Å². The third-order valence-electron chi connectivity index (χ3n) is 11.0. The van der Waals surface area contributed by atoms with Gasteiger partial charge in [-0.05, 0) is 74.3 Å². The van der Waals surface area contributed by atoms with Crippen LogP contribution in [0.2, 0.25) is 0 Å². The Morgan fingerprint density at radius 2 is 0.737 bits per heavy atom. The Morgan fingerprint density at radius 1 is 0.421 bits per heavy atom. The van der Waals surface area contributed by atoms with E-state index in [1.165, 1.54) is 11.1 Å². The Morgan fingerprint density at radius 3 is 1.05 bits per heavy atom. The van der Waals surface area contributed by atoms with Gasteiger partial charge in [-0.2, -0.15) is 0 Å². The van der Waals surface area contributed by atoms with Gasteiger partial charge in [-0.3, -0.25) is 0 Å². The molecule has 4 heteroatoms. The van der Waals surface area contributed by atoms with Gasteiger partial charge in [-0.25, -0.2) is 0 Å². The van der Waals surface area contributed by atoms with Gasteiger partial charge in [0.1, 0.15) is 0 Å². The third-order valence-corrected chi connectivity index (χ3v) is 11.0. The fourth-order valence-corrected chi connectivity index (χ4v) is 8.00. The molecule has 4 nitrogen and oxygen atoms in total. The highest BCUT2D eigenvalue weighted by molar-refractivity contribution is 5.21. The van der Waals surface area contributed by atoms with Gasteiger partial charge in [0, 0.05) is 36.5 Å². The van der Waals surface area contributed by atoms with E-state index in [0.717, 1.165) is 103 Å². The van der Waals surface area contributed by atoms with Gasteiger partial charge in [-0.15, -0.1) is 0 Å². The molecule has 0 bridgehead atoms. The van der Waals surface area contributed by atoms with Crippen molar-refractivity contribution in [2.45, 2.75) is 100 Å². The topological polar surface area (TPSA) is 36.9 Å². The molecule has 2 aromatic rings. The van der Waals surface area contributed by atoms with Crippen molar-refractivity contribution in [3.8, 4) is 0 Å². The molecule has 3 aliphatic carbocycles. The molecule has 0 radical (unpaired) electrons. The predicted molar refractivity (Wildman–Crippen MR) is 148 cm³/mol. The van der Waals surface area contributed by atoms with E-state index in [4.69, 9.17) is 18.9 Å². The first kappa shape index (κ1) is 25.3. The van der Waals surface area contributed by atoms with Gasteiger partial charge >= 0.3 is 0 Å². The van der Waals surface area contributed by atoms with Crippen LogP contribution in [0.5, 0.6) is 0 Å². The number of hydrogen-bond donors (Lipinski definition) is 0. The van der Waals surface area contributed by atoms with Gasteiger partial charge in [0.15, 0.2) is 11.6 Å². The summed E-state index contributed by atoms with van der Waals surface area (Å²) in [5.41, 5.74) is 3.29. The summed E-state index contributed by atoms with van der Waals surface area (Å²) in [5.74, 6) is 0.603. The van der Waals surface area contributed by atoms with Crippen molar-refractivity contribution >= 4 is 0 Å². The number of ether oxygens (including phenoxy) is 4. The molecule has 0 N–H and O–H groups in total. The molecule has 3 saturated carbocycles. The molecule has 4 spiro atoms. The minimum Gasteiger partial charge on any atom is -0.349 e. The zero-order chi connectivity index (χ0) is 25.5. The van der Waals surface area contributed by atoms with Crippen molar-refractivity contribution in [2.24, 2.45) is 10.8 Å². The van der Waals surface area contributed by atoms with E-state index in [0.29, 0.717) is 11.8 Å². The first-order valence-corrected chi connectivity index (χ1v) is 15.2. The molecule has 0 aromatic heterocycles. The largest absolute Gasteiger partial charge is 0.349 e. The Labute approximate surface area is 228 Å². The Bertz CT molecular complexity index is 947.